The van der Waals surface area contributed by atoms with Crippen LogP contribution in [0.1, 0.15) is 0 Å². The van der Waals surface area contributed by atoms with Crippen molar-refractivity contribution in [3.8, 4) is 0 Å². The first-order valence-corrected chi connectivity index (χ1v) is 7.20. The molecule has 0 atom stereocenters. The summed E-state index contributed by atoms with van der Waals surface area (Å²) in [5, 5.41) is 0. The van der Waals surface area contributed by atoms with E-state index in [-0.39, 0.29) is 0 Å². The Morgan fingerprint density at radius 1 is 1.43 bits per heavy atom. The Morgan fingerprint density at radius 3 is 2.57 bits per heavy atom. The maximum absolute atomic E-state index is 2.38. The summed E-state index contributed by atoms with van der Waals surface area (Å²) in [5.74, 6) is 0. The van der Waals surface area contributed by atoms with E-state index in [1.807, 2.05) is 0 Å². The van der Waals surface area contributed by atoms with E-state index >= 15 is 0 Å². The van der Waals surface area contributed by atoms with Crippen molar-refractivity contribution >= 4 is 19.8 Å². The fourth-order valence-electron chi connectivity index (χ4n) is 0.488. The van der Waals surface area contributed by atoms with Crippen molar-refractivity contribution < 1.29 is 0 Å². The molecule has 1 aliphatic heterocycles. The van der Waals surface area contributed by atoms with E-state index in [0.717, 1.165) is 0 Å². The first kappa shape index (κ1) is 5.35. The average Bonchev–Trinajstić information content (AvgIpc) is 1.69. The van der Waals surface area contributed by atoms with Crippen LogP contribution in [0.3, 0.4) is 0 Å². The molecule has 0 bridgehead atoms. The molecule has 40 valence electrons. The molecule has 0 spiro atoms. The van der Waals surface area contributed by atoms with Crippen molar-refractivity contribution in [2.75, 3.05) is 9.36 Å². The van der Waals surface area contributed by atoms with Gasteiger partial charge in [-0.2, -0.15) is 0 Å². The molecule has 1 rings (SSSR count). The minimum atomic E-state index is -0.507. The van der Waals surface area contributed by atoms with E-state index in [1.54, 1.807) is 0 Å². The molecule has 1 aliphatic rings. The molecule has 0 radical (unpaired) electrons. The molecule has 1 heterocycles. The van der Waals surface area contributed by atoms with E-state index in [9.17, 15) is 0 Å². The standard InChI is InChI=1S/C6H9I/c1-7-5-3-2-4-6-7/h2-5H,6H2,1H3. The number of alkyl halides is 2. The van der Waals surface area contributed by atoms with Crippen molar-refractivity contribution in [3.63, 3.8) is 0 Å². The molecule has 0 amide bonds. The average molecular weight is 208 g/mol. The van der Waals surface area contributed by atoms with Gasteiger partial charge in [0, 0.05) is 0 Å². The molecule has 0 aromatic carbocycles. The Kier molecular flexibility index (Phi) is 1.91. The second-order valence-corrected chi connectivity index (χ2v) is 6.79. The van der Waals surface area contributed by atoms with Crippen molar-refractivity contribution in [1.29, 1.82) is 0 Å². The van der Waals surface area contributed by atoms with Crippen LogP contribution in [-0.4, -0.2) is 9.36 Å². The van der Waals surface area contributed by atoms with Crippen LogP contribution in [0.15, 0.2) is 22.3 Å². The predicted molar refractivity (Wildman–Crippen MR) is 43.1 cm³/mol. The van der Waals surface area contributed by atoms with Gasteiger partial charge >= 0.3 is 51.5 Å². The summed E-state index contributed by atoms with van der Waals surface area (Å²) in [4.78, 5) is 2.38. The van der Waals surface area contributed by atoms with Crippen LogP contribution >= 0.6 is 19.8 Å². The molecule has 7 heavy (non-hydrogen) atoms. The van der Waals surface area contributed by atoms with Crippen molar-refractivity contribution in [2.45, 2.75) is 0 Å². The fourth-order valence-corrected chi connectivity index (χ4v) is 2.83. The molecule has 0 N–H and O–H groups in total. The van der Waals surface area contributed by atoms with Gasteiger partial charge < -0.3 is 0 Å². The van der Waals surface area contributed by atoms with Crippen molar-refractivity contribution in [2.24, 2.45) is 0 Å². The van der Waals surface area contributed by atoms with E-state index in [2.05, 4.69) is 27.2 Å². The number of rotatable bonds is 0. The van der Waals surface area contributed by atoms with Crippen LogP contribution in [-0.2, 0) is 0 Å². The monoisotopic (exact) mass is 208 g/mol. The van der Waals surface area contributed by atoms with Gasteiger partial charge in [0.2, 0.25) is 0 Å². The minimum absolute atomic E-state index is 0.507. The Hall–Kier alpha value is 0.210. The molecule has 0 aromatic rings. The van der Waals surface area contributed by atoms with Gasteiger partial charge in [-0.3, -0.25) is 0 Å². The van der Waals surface area contributed by atoms with Crippen LogP contribution in [0.2, 0.25) is 0 Å². The van der Waals surface area contributed by atoms with Crippen molar-refractivity contribution in [3.05, 3.63) is 22.3 Å². The summed E-state index contributed by atoms with van der Waals surface area (Å²) >= 11 is -0.507. The molecule has 0 saturated carbocycles. The summed E-state index contributed by atoms with van der Waals surface area (Å²) in [5.41, 5.74) is 0. The molecular formula is C6H9I. The van der Waals surface area contributed by atoms with Crippen LogP contribution < -0.4 is 0 Å². The second kappa shape index (κ2) is 2.50. The normalized spacial score (nSPS) is 23.3. The maximum atomic E-state index is 2.38. The van der Waals surface area contributed by atoms with Crippen LogP contribution in [0.4, 0.5) is 0 Å². The number of allylic oxidation sites excluding steroid dienone is 3. The van der Waals surface area contributed by atoms with Crippen LogP contribution in [0.5, 0.6) is 0 Å². The third kappa shape index (κ3) is 1.63. The van der Waals surface area contributed by atoms with Gasteiger partial charge in [0.15, 0.2) is 0 Å². The van der Waals surface area contributed by atoms with Gasteiger partial charge in [-0.25, -0.2) is 0 Å². The number of halogens is 1. The van der Waals surface area contributed by atoms with Gasteiger partial charge in [-0.1, -0.05) is 0 Å². The molecular weight excluding hydrogens is 199 g/mol. The number of hydrogen-bond donors (Lipinski definition) is 0. The Bertz CT molecular complexity index is 103. The van der Waals surface area contributed by atoms with Gasteiger partial charge in [0.05, 0.1) is 0 Å². The molecule has 0 saturated heterocycles. The van der Waals surface area contributed by atoms with Gasteiger partial charge in [0.25, 0.3) is 0 Å². The molecule has 0 unspecified atom stereocenters. The molecule has 0 aliphatic carbocycles. The summed E-state index contributed by atoms with van der Waals surface area (Å²) < 4.78 is 3.75. The summed E-state index contributed by atoms with van der Waals surface area (Å²) in [6.45, 7) is 0. The zero-order valence-electron chi connectivity index (χ0n) is 4.39. The topological polar surface area (TPSA) is 0 Å². The van der Waals surface area contributed by atoms with Gasteiger partial charge in [-0.05, 0) is 0 Å². The van der Waals surface area contributed by atoms with E-state index in [1.165, 1.54) is 4.43 Å². The zero-order chi connectivity index (χ0) is 5.11. The Balaban J connectivity index is 2.49. The zero-order valence-corrected chi connectivity index (χ0v) is 6.55. The Morgan fingerprint density at radius 2 is 2.29 bits per heavy atom. The van der Waals surface area contributed by atoms with Gasteiger partial charge in [0.1, 0.15) is 0 Å². The third-order valence-electron chi connectivity index (χ3n) is 0.867. The van der Waals surface area contributed by atoms with E-state index < -0.39 is 19.8 Å². The first-order valence-electron chi connectivity index (χ1n) is 2.27. The SMILES string of the molecule is CI1C=CC=CC1. The summed E-state index contributed by atoms with van der Waals surface area (Å²) in [6.07, 6.45) is 6.58. The fraction of sp³-hybridized carbons (Fsp3) is 0.333. The molecule has 0 aromatic heterocycles. The summed E-state index contributed by atoms with van der Waals surface area (Å²) in [6, 6.07) is 0. The molecule has 0 fully saturated rings. The third-order valence-corrected chi connectivity index (χ3v) is 4.41. The summed E-state index contributed by atoms with van der Waals surface area (Å²) in [7, 11) is 0. The van der Waals surface area contributed by atoms with E-state index in [0.29, 0.717) is 0 Å². The van der Waals surface area contributed by atoms with Gasteiger partial charge in [-0.15, -0.1) is 0 Å². The van der Waals surface area contributed by atoms with Crippen LogP contribution in [0, 0.1) is 0 Å². The van der Waals surface area contributed by atoms with E-state index in [4.69, 9.17) is 0 Å². The second-order valence-electron chi connectivity index (χ2n) is 1.54. The van der Waals surface area contributed by atoms with Crippen LogP contribution in [0.25, 0.3) is 0 Å². The quantitative estimate of drug-likeness (QED) is 0.423. The molecule has 1 heteroatoms. The Labute approximate surface area is 51.7 Å². The van der Waals surface area contributed by atoms with Crippen molar-refractivity contribution in [1.82, 2.24) is 0 Å². The first-order chi connectivity index (χ1) is 3.39. The predicted octanol–water partition coefficient (Wildman–Crippen LogP) is 2.21. The number of hydrogen-bond acceptors (Lipinski definition) is 0. The molecule has 0 nitrogen and oxygen atoms in total.